The number of anilines is 3. The Morgan fingerprint density at radius 2 is 0.945 bits per heavy atom. The lowest BCUT2D eigenvalue weighted by Crippen LogP contribution is -2.10. The molecular formula is C52H33NOS. The lowest BCUT2D eigenvalue weighted by Gasteiger charge is -2.27. The van der Waals surface area contributed by atoms with E-state index in [4.69, 9.17) is 4.42 Å². The molecule has 0 spiro atoms. The van der Waals surface area contributed by atoms with Crippen molar-refractivity contribution >= 4 is 81.3 Å². The van der Waals surface area contributed by atoms with Crippen LogP contribution in [0.3, 0.4) is 0 Å². The molecule has 0 unspecified atom stereocenters. The van der Waals surface area contributed by atoms with E-state index in [-0.39, 0.29) is 0 Å². The largest absolute Gasteiger partial charge is 0.456 e. The Labute approximate surface area is 322 Å². The Morgan fingerprint density at radius 1 is 0.345 bits per heavy atom. The summed E-state index contributed by atoms with van der Waals surface area (Å²) in [5, 5.41) is 7.36. The third-order valence-corrected chi connectivity index (χ3v) is 12.1. The topological polar surface area (TPSA) is 16.4 Å². The molecule has 0 aliphatic rings. The molecule has 0 saturated carbocycles. The lowest BCUT2D eigenvalue weighted by molar-refractivity contribution is 0.669. The van der Waals surface area contributed by atoms with Gasteiger partial charge in [0.05, 0.1) is 10.4 Å². The van der Waals surface area contributed by atoms with Crippen LogP contribution in [0.5, 0.6) is 0 Å². The fraction of sp³-hybridized carbons (Fsp3) is 0. The second-order valence-electron chi connectivity index (χ2n) is 14.1. The zero-order valence-corrected chi connectivity index (χ0v) is 30.6. The van der Waals surface area contributed by atoms with Crippen molar-refractivity contribution in [1.82, 2.24) is 0 Å². The van der Waals surface area contributed by atoms with Crippen LogP contribution in [0.1, 0.15) is 0 Å². The minimum absolute atomic E-state index is 0.905. The van der Waals surface area contributed by atoms with Gasteiger partial charge in [0.2, 0.25) is 0 Å². The van der Waals surface area contributed by atoms with E-state index >= 15 is 0 Å². The molecule has 258 valence electrons. The van der Waals surface area contributed by atoms with E-state index in [0.717, 1.165) is 44.4 Å². The van der Waals surface area contributed by atoms with Crippen molar-refractivity contribution in [3.05, 3.63) is 200 Å². The third-order valence-electron chi connectivity index (χ3n) is 10.9. The normalized spacial score (nSPS) is 11.6. The first-order valence-corrected chi connectivity index (χ1v) is 19.5. The maximum atomic E-state index is 6.16. The molecule has 0 saturated heterocycles. The third kappa shape index (κ3) is 5.48. The van der Waals surface area contributed by atoms with Gasteiger partial charge in [-0.1, -0.05) is 140 Å². The Balaban J connectivity index is 1.00. The lowest BCUT2D eigenvalue weighted by atomic mass is 9.98. The molecule has 0 fully saturated rings. The van der Waals surface area contributed by atoms with Gasteiger partial charge in [-0.05, 0) is 105 Å². The molecule has 0 radical (unpaired) electrons. The van der Waals surface area contributed by atoms with Crippen molar-refractivity contribution in [2.24, 2.45) is 0 Å². The molecule has 55 heavy (non-hydrogen) atoms. The molecule has 2 aromatic heterocycles. The van der Waals surface area contributed by atoms with E-state index in [1.54, 1.807) is 0 Å². The molecule has 0 amide bonds. The summed E-state index contributed by atoms with van der Waals surface area (Å²) in [6, 6.07) is 72.3. The first-order valence-electron chi connectivity index (χ1n) is 18.7. The summed E-state index contributed by atoms with van der Waals surface area (Å²) in [6.45, 7) is 0. The van der Waals surface area contributed by atoms with Crippen LogP contribution in [-0.2, 0) is 0 Å². The average molecular weight is 720 g/mol. The van der Waals surface area contributed by atoms with Gasteiger partial charge in [-0.25, -0.2) is 0 Å². The maximum Gasteiger partial charge on any atom is 0.135 e. The van der Waals surface area contributed by atoms with Gasteiger partial charge >= 0.3 is 0 Å². The highest BCUT2D eigenvalue weighted by atomic mass is 32.1. The molecule has 2 nitrogen and oxygen atoms in total. The second-order valence-corrected chi connectivity index (χ2v) is 15.2. The van der Waals surface area contributed by atoms with E-state index in [1.165, 1.54) is 58.9 Å². The minimum atomic E-state index is 0.905. The fourth-order valence-electron chi connectivity index (χ4n) is 8.09. The van der Waals surface area contributed by atoms with Gasteiger partial charge in [-0.3, -0.25) is 0 Å². The Kier molecular flexibility index (Phi) is 7.39. The number of nitrogens with zero attached hydrogens (tertiary/aromatic N) is 1. The molecule has 9 aromatic carbocycles. The Morgan fingerprint density at radius 3 is 1.80 bits per heavy atom. The van der Waals surface area contributed by atoms with E-state index in [9.17, 15) is 0 Å². The number of hydrogen-bond donors (Lipinski definition) is 0. The van der Waals surface area contributed by atoms with E-state index in [0.29, 0.717) is 0 Å². The number of thiophene rings is 1. The first-order chi connectivity index (χ1) is 27.2. The van der Waals surface area contributed by atoms with E-state index < -0.39 is 0 Å². The molecular weight excluding hydrogens is 687 g/mol. The van der Waals surface area contributed by atoms with Crippen molar-refractivity contribution in [3.8, 4) is 33.4 Å². The van der Waals surface area contributed by atoms with Gasteiger partial charge < -0.3 is 9.32 Å². The molecule has 3 heteroatoms. The van der Waals surface area contributed by atoms with Crippen molar-refractivity contribution in [2.45, 2.75) is 0 Å². The van der Waals surface area contributed by atoms with Crippen LogP contribution in [0.2, 0.25) is 0 Å². The van der Waals surface area contributed by atoms with Crippen LogP contribution < -0.4 is 4.90 Å². The number of fused-ring (bicyclic) bond motifs is 7. The minimum Gasteiger partial charge on any atom is -0.456 e. The molecule has 11 rings (SSSR count). The molecule has 11 aromatic rings. The van der Waals surface area contributed by atoms with Crippen LogP contribution in [0, 0.1) is 0 Å². The van der Waals surface area contributed by atoms with Crippen molar-refractivity contribution < 1.29 is 4.42 Å². The van der Waals surface area contributed by atoms with Crippen LogP contribution in [0.4, 0.5) is 17.1 Å². The second kappa shape index (κ2) is 12.9. The Hall–Kier alpha value is -6.94. The molecule has 0 aliphatic carbocycles. The smallest absolute Gasteiger partial charge is 0.135 e. The van der Waals surface area contributed by atoms with Gasteiger partial charge in [0.15, 0.2) is 0 Å². The number of furan rings is 1. The highest BCUT2D eigenvalue weighted by Crippen LogP contribution is 2.46. The van der Waals surface area contributed by atoms with Crippen molar-refractivity contribution in [3.63, 3.8) is 0 Å². The van der Waals surface area contributed by atoms with Gasteiger partial charge in [0, 0.05) is 37.6 Å². The number of para-hydroxylation sites is 1. The summed E-state index contributed by atoms with van der Waals surface area (Å²) in [4.78, 5) is 2.42. The van der Waals surface area contributed by atoms with Crippen LogP contribution >= 0.6 is 11.3 Å². The molecule has 0 bridgehead atoms. The predicted octanol–water partition coefficient (Wildman–Crippen LogP) is 15.6. The average Bonchev–Trinajstić information content (AvgIpc) is 3.83. The fourth-order valence-corrected chi connectivity index (χ4v) is 9.30. The summed E-state index contributed by atoms with van der Waals surface area (Å²) in [5.74, 6) is 0. The monoisotopic (exact) mass is 719 g/mol. The van der Waals surface area contributed by atoms with Crippen molar-refractivity contribution in [1.29, 1.82) is 0 Å². The quantitative estimate of drug-likeness (QED) is 0.170. The SMILES string of the molecule is c1cc(-c2ccc3oc4ccccc4c3c2)cc(N(c2ccc(-c3ccc(-c4ccc5ccccc5c4)cc3)cc2)c2cccc3c2sc2ccccc23)c1. The van der Waals surface area contributed by atoms with Gasteiger partial charge in [0.25, 0.3) is 0 Å². The molecule has 2 heterocycles. The van der Waals surface area contributed by atoms with Crippen LogP contribution in [0.15, 0.2) is 205 Å². The number of hydrogen-bond acceptors (Lipinski definition) is 3. The Bertz CT molecular complexity index is 3210. The van der Waals surface area contributed by atoms with E-state index in [1.807, 2.05) is 23.5 Å². The number of benzene rings is 9. The molecule has 0 aliphatic heterocycles. The first kappa shape index (κ1) is 31.6. The zero-order chi connectivity index (χ0) is 36.3. The summed E-state index contributed by atoms with van der Waals surface area (Å²) in [6.07, 6.45) is 0. The van der Waals surface area contributed by atoms with Gasteiger partial charge in [0.1, 0.15) is 11.2 Å². The summed E-state index contributed by atoms with van der Waals surface area (Å²) in [5.41, 5.74) is 12.3. The van der Waals surface area contributed by atoms with Crippen molar-refractivity contribution in [2.75, 3.05) is 4.90 Å². The highest BCUT2D eigenvalue weighted by molar-refractivity contribution is 7.26. The zero-order valence-electron chi connectivity index (χ0n) is 29.8. The summed E-state index contributed by atoms with van der Waals surface area (Å²) in [7, 11) is 0. The maximum absolute atomic E-state index is 6.16. The van der Waals surface area contributed by atoms with Crippen LogP contribution in [0.25, 0.3) is 86.3 Å². The van der Waals surface area contributed by atoms with Gasteiger partial charge in [-0.15, -0.1) is 11.3 Å². The number of rotatable bonds is 6. The van der Waals surface area contributed by atoms with Gasteiger partial charge in [-0.2, -0.15) is 0 Å². The van der Waals surface area contributed by atoms with E-state index in [2.05, 4.69) is 193 Å². The molecule has 0 atom stereocenters. The predicted molar refractivity (Wildman–Crippen MR) is 235 cm³/mol. The molecule has 0 N–H and O–H groups in total. The summed E-state index contributed by atoms with van der Waals surface area (Å²) < 4.78 is 8.73. The standard InChI is InChI=1S/C52H33NOS/c1-2-10-38-31-40(24-23-34(38)9-1)37-21-19-35(20-22-37)36-25-28-42(29-26-36)53(48-16-8-15-46-45-14-4-6-18-51(45)55-52(46)48)43-12-7-11-39(32-43)41-27-30-50-47(33-41)44-13-3-5-17-49(44)54-50/h1-33H. The van der Waals surface area contributed by atoms with Crippen LogP contribution in [-0.4, -0.2) is 0 Å². The highest BCUT2D eigenvalue weighted by Gasteiger charge is 2.19. The summed E-state index contributed by atoms with van der Waals surface area (Å²) >= 11 is 1.86.